The van der Waals surface area contributed by atoms with Crippen molar-refractivity contribution in [3.8, 4) is 0 Å². The first kappa shape index (κ1) is 13.1. The summed E-state index contributed by atoms with van der Waals surface area (Å²) in [6.45, 7) is 7.06. The molecule has 94 valence electrons. The van der Waals surface area contributed by atoms with E-state index >= 15 is 0 Å². The number of halogens is 1. The summed E-state index contributed by atoms with van der Waals surface area (Å²) in [4.78, 5) is 0. The maximum absolute atomic E-state index is 5.41. The van der Waals surface area contributed by atoms with Crippen LogP contribution >= 0.6 is 15.9 Å². The average molecular weight is 298 g/mol. The van der Waals surface area contributed by atoms with Gasteiger partial charge in [0.15, 0.2) is 0 Å². The van der Waals surface area contributed by atoms with Crippen LogP contribution in [0.15, 0.2) is 22.7 Å². The summed E-state index contributed by atoms with van der Waals surface area (Å²) in [7, 11) is 0. The molecular weight excluding hydrogens is 278 g/mol. The average Bonchev–Trinajstić information content (AvgIpc) is 2.29. The smallest absolute Gasteiger partial charge is 0.0483 e. The summed E-state index contributed by atoms with van der Waals surface area (Å²) in [5.74, 6) is 0. The van der Waals surface area contributed by atoms with Crippen molar-refractivity contribution in [1.82, 2.24) is 5.32 Å². The molecule has 2 rings (SSSR count). The zero-order valence-corrected chi connectivity index (χ0v) is 12.1. The molecule has 0 aromatic heterocycles. The molecular formula is C14H20BrNO. The maximum Gasteiger partial charge on any atom is 0.0483 e. The van der Waals surface area contributed by atoms with Crippen LogP contribution in [-0.2, 0) is 11.3 Å². The van der Waals surface area contributed by atoms with Gasteiger partial charge in [0.2, 0.25) is 0 Å². The third-order valence-corrected chi connectivity index (χ3v) is 4.25. The second-order valence-electron chi connectivity index (χ2n) is 5.12. The van der Waals surface area contributed by atoms with Crippen molar-refractivity contribution >= 4 is 15.9 Å². The second-order valence-corrected chi connectivity index (χ2v) is 5.98. The van der Waals surface area contributed by atoms with Gasteiger partial charge >= 0.3 is 0 Å². The van der Waals surface area contributed by atoms with Crippen molar-refractivity contribution in [2.24, 2.45) is 0 Å². The van der Waals surface area contributed by atoms with E-state index in [2.05, 4.69) is 53.3 Å². The SMILES string of the molecule is Cc1ccc(CNC2(C)CCOCC2)c(Br)c1. The largest absolute Gasteiger partial charge is 0.381 e. The molecule has 1 aliphatic heterocycles. The van der Waals surface area contributed by atoms with Gasteiger partial charge in [-0.15, -0.1) is 0 Å². The minimum absolute atomic E-state index is 0.225. The van der Waals surface area contributed by atoms with E-state index in [9.17, 15) is 0 Å². The molecule has 1 aromatic carbocycles. The van der Waals surface area contributed by atoms with Crippen LogP contribution in [0.2, 0.25) is 0 Å². The highest BCUT2D eigenvalue weighted by Gasteiger charge is 2.26. The lowest BCUT2D eigenvalue weighted by Gasteiger charge is -2.34. The van der Waals surface area contributed by atoms with Gasteiger partial charge in [-0.2, -0.15) is 0 Å². The van der Waals surface area contributed by atoms with Crippen molar-refractivity contribution in [1.29, 1.82) is 0 Å². The van der Waals surface area contributed by atoms with Crippen LogP contribution in [-0.4, -0.2) is 18.8 Å². The minimum Gasteiger partial charge on any atom is -0.381 e. The van der Waals surface area contributed by atoms with Gasteiger partial charge in [0.05, 0.1) is 0 Å². The first-order valence-corrected chi connectivity index (χ1v) is 6.96. The Labute approximate surface area is 112 Å². The normalized spacial score (nSPS) is 19.2. The molecule has 0 radical (unpaired) electrons. The Bertz CT molecular complexity index is 386. The number of aryl methyl sites for hydroxylation is 1. The zero-order valence-electron chi connectivity index (χ0n) is 10.6. The van der Waals surface area contributed by atoms with E-state index in [1.807, 2.05) is 0 Å². The minimum atomic E-state index is 0.225. The first-order chi connectivity index (χ1) is 8.09. The van der Waals surface area contributed by atoms with E-state index in [1.165, 1.54) is 15.6 Å². The summed E-state index contributed by atoms with van der Waals surface area (Å²) >= 11 is 3.63. The van der Waals surface area contributed by atoms with Gasteiger partial charge in [0, 0.05) is 29.8 Å². The van der Waals surface area contributed by atoms with Crippen molar-refractivity contribution in [3.05, 3.63) is 33.8 Å². The fourth-order valence-corrected chi connectivity index (χ4v) is 2.74. The molecule has 1 aliphatic rings. The lowest BCUT2D eigenvalue weighted by molar-refractivity contribution is 0.0446. The molecule has 1 aromatic rings. The van der Waals surface area contributed by atoms with Crippen LogP contribution in [0.5, 0.6) is 0 Å². The third-order valence-electron chi connectivity index (χ3n) is 3.51. The van der Waals surface area contributed by atoms with Gasteiger partial charge < -0.3 is 10.1 Å². The van der Waals surface area contributed by atoms with Crippen LogP contribution in [0.4, 0.5) is 0 Å². The summed E-state index contributed by atoms with van der Waals surface area (Å²) < 4.78 is 6.60. The van der Waals surface area contributed by atoms with E-state index in [0.29, 0.717) is 0 Å². The number of benzene rings is 1. The number of rotatable bonds is 3. The molecule has 1 saturated heterocycles. The summed E-state index contributed by atoms with van der Waals surface area (Å²) in [6.07, 6.45) is 2.19. The fourth-order valence-electron chi connectivity index (χ4n) is 2.10. The lowest BCUT2D eigenvalue weighted by atomic mass is 9.92. The van der Waals surface area contributed by atoms with E-state index in [-0.39, 0.29) is 5.54 Å². The topological polar surface area (TPSA) is 21.3 Å². The number of ether oxygens (including phenoxy) is 1. The zero-order chi connectivity index (χ0) is 12.3. The highest BCUT2D eigenvalue weighted by atomic mass is 79.9. The quantitative estimate of drug-likeness (QED) is 0.923. The van der Waals surface area contributed by atoms with Crippen LogP contribution in [0.1, 0.15) is 30.9 Å². The van der Waals surface area contributed by atoms with Gasteiger partial charge in [-0.1, -0.05) is 28.1 Å². The summed E-state index contributed by atoms with van der Waals surface area (Å²) in [5, 5.41) is 3.66. The molecule has 0 amide bonds. The molecule has 0 spiro atoms. The molecule has 0 unspecified atom stereocenters. The molecule has 0 bridgehead atoms. The Morgan fingerprint density at radius 1 is 1.35 bits per heavy atom. The monoisotopic (exact) mass is 297 g/mol. The number of hydrogen-bond acceptors (Lipinski definition) is 2. The molecule has 1 fully saturated rings. The molecule has 1 N–H and O–H groups in total. The summed E-state index contributed by atoms with van der Waals surface area (Å²) in [6, 6.07) is 6.52. The Hall–Kier alpha value is -0.380. The second kappa shape index (κ2) is 5.51. The van der Waals surface area contributed by atoms with Crippen LogP contribution in [0.25, 0.3) is 0 Å². The van der Waals surface area contributed by atoms with Gasteiger partial charge in [-0.25, -0.2) is 0 Å². The van der Waals surface area contributed by atoms with Gasteiger partial charge in [-0.3, -0.25) is 0 Å². The lowest BCUT2D eigenvalue weighted by Crippen LogP contribution is -2.46. The van der Waals surface area contributed by atoms with E-state index < -0.39 is 0 Å². The van der Waals surface area contributed by atoms with E-state index in [4.69, 9.17) is 4.74 Å². The molecule has 1 heterocycles. The Balaban J connectivity index is 1.97. The summed E-state index contributed by atoms with van der Waals surface area (Å²) in [5.41, 5.74) is 2.84. The van der Waals surface area contributed by atoms with E-state index in [1.54, 1.807) is 0 Å². The molecule has 0 aliphatic carbocycles. The standard InChI is InChI=1S/C14H20BrNO/c1-11-3-4-12(13(15)9-11)10-16-14(2)5-7-17-8-6-14/h3-4,9,16H,5-8,10H2,1-2H3. The van der Waals surface area contributed by atoms with Gasteiger partial charge in [0.1, 0.15) is 0 Å². The fraction of sp³-hybridized carbons (Fsp3) is 0.571. The third kappa shape index (κ3) is 3.54. The van der Waals surface area contributed by atoms with Crippen LogP contribution in [0, 0.1) is 6.92 Å². The maximum atomic E-state index is 5.41. The number of hydrogen-bond donors (Lipinski definition) is 1. The van der Waals surface area contributed by atoms with Gasteiger partial charge in [0.25, 0.3) is 0 Å². The Morgan fingerprint density at radius 2 is 2.06 bits per heavy atom. The number of nitrogens with one attached hydrogen (secondary N) is 1. The predicted molar refractivity (Wildman–Crippen MR) is 74.2 cm³/mol. The highest BCUT2D eigenvalue weighted by Crippen LogP contribution is 2.23. The van der Waals surface area contributed by atoms with Crippen molar-refractivity contribution < 1.29 is 4.74 Å². The van der Waals surface area contributed by atoms with Crippen LogP contribution < -0.4 is 5.32 Å². The molecule has 17 heavy (non-hydrogen) atoms. The van der Waals surface area contributed by atoms with Crippen molar-refractivity contribution in [2.75, 3.05) is 13.2 Å². The van der Waals surface area contributed by atoms with Crippen LogP contribution in [0.3, 0.4) is 0 Å². The molecule has 0 saturated carbocycles. The van der Waals surface area contributed by atoms with Crippen molar-refractivity contribution in [3.63, 3.8) is 0 Å². The highest BCUT2D eigenvalue weighted by molar-refractivity contribution is 9.10. The molecule has 0 atom stereocenters. The Morgan fingerprint density at radius 3 is 2.71 bits per heavy atom. The molecule has 3 heteroatoms. The van der Waals surface area contributed by atoms with Crippen molar-refractivity contribution in [2.45, 2.75) is 38.8 Å². The van der Waals surface area contributed by atoms with Gasteiger partial charge in [-0.05, 0) is 43.9 Å². The molecule has 2 nitrogen and oxygen atoms in total. The first-order valence-electron chi connectivity index (χ1n) is 6.17. The van der Waals surface area contributed by atoms with E-state index in [0.717, 1.165) is 32.6 Å². The Kier molecular flexibility index (Phi) is 4.23. The predicted octanol–water partition coefficient (Wildman–Crippen LogP) is 3.42.